The van der Waals surface area contributed by atoms with Gasteiger partial charge < -0.3 is 10.0 Å². The molecule has 0 aliphatic carbocycles. The van der Waals surface area contributed by atoms with Crippen LogP contribution in [-0.2, 0) is 11.3 Å². The summed E-state index contributed by atoms with van der Waals surface area (Å²) in [7, 11) is 0. The van der Waals surface area contributed by atoms with Crippen LogP contribution in [0.25, 0.3) is 6.08 Å². The Kier molecular flexibility index (Phi) is 5.82. The Balaban J connectivity index is 1.75. The van der Waals surface area contributed by atoms with Crippen molar-refractivity contribution in [3.63, 3.8) is 0 Å². The number of aliphatic hydroxyl groups excluding tert-OH is 1. The molecular weight excluding hydrogens is 408 g/mol. The summed E-state index contributed by atoms with van der Waals surface area (Å²) in [5.41, 5.74) is 2.56. The van der Waals surface area contributed by atoms with Gasteiger partial charge in [-0.05, 0) is 25.0 Å². The normalized spacial score (nSPS) is 16.5. The molecule has 1 aliphatic heterocycles. The van der Waals surface area contributed by atoms with E-state index >= 15 is 0 Å². The Hall–Kier alpha value is -3.51. The molecule has 4 rings (SSSR count). The maximum atomic E-state index is 13.4. The highest BCUT2D eigenvalue weighted by atomic mass is 32.1. The molecule has 0 saturated heterocycles. The van der Waals surface area contributed by atoms with Gasteiger partial charge in [0.25, 0.3) is 5.91 Å². The van der Waals surface area contributed by atoms with Gasteiger partial charge in [-0.1, -0.05) is 72.8 Å². The zero-order valence-electron chi connectivity index (χ0n) is 17.3. The van der Waals surface area contributed by atoms with E-state index in [1.54, 1.807) is 13.0 Å². The molecule has 0 bridgehead atoms. The van der Waals surface area contributed by atoms with E-state index in [1.165, 1.54) is 16.2 Å². The predicted molar refractivity (Wildman–Crippen MR) is 122 cm³/mol. The first kappa shape index (κ1) is 20.8. The number of carbonyl (C=O) groups is 2. The van der Waals surface area contributed by atoms with Crippen LogP contribution in [0.5, 0.6) is 0 Å². The molecule has 1 amide bonds. The molecule has 1 atom stereocenters. The van der Waals surface area contributed by atoms with E-state index < -0.39 is 17.7 Å². The van der Waals surface area contributed by atoms with E-state index in [-0.39, 0.29) is 17.9 Å². The zero-order chi connectivity index (χ0) is 22.0. The molecule has 5 nitrogen and oxygen atoms in total. The fourth-order valence-electron chi connectivity index (χ4n) is 3.70. The number of aryl methyl sites for hydroxylation is 2. The number of rotatable bonds is 6. The highest BCUT2D eigenvalue weighted by Gasteiger charge is 2.42. The molecule has 156 valence electrons. The molecule has 0 saturated carbocycles. The second-order valence-electron chi connectivity index (χ2n) is 7.37. The van der Waals surface area contributed by atoms with Crippen LogP contribution in [0.3, 0.4) is 0 Å². The van der Waals surface area contributed by atoms with Crippen molar-refractivity contribution >= 4 is 29.1 Å². The maximum absolute atomic E-state index is 13.4. The average Bonchev–Trinajstić information content (AvgIpc) is 3.24. The minimum Gasteiger partial charge on any atom is -0.503 e. The van der Waals surface area contributed by atoms with Gasteiger partial charge in [-0.25, -0.2) is 4.98 Å². The summed E-state index contributed by atoms with van der Waals surface area (Å²) in [5.74, 6) is -1.39. The number of nitrogens with zero attached hydrogens (tertiary/aromatic N) is 2. The number of aromatic nitrogens is 1. The number of carbonyl (C=O) groups excluding carboxylic acids is 2. The molecule has 1 aliphatic rings. The highest BCUT2D eigenvalue weighted by Crippen LogP contribution is 2.33. The molecule has 0 spiro atoms. The Morgan fingerprint density at radius 1 is 1.10 bits per heavy atom. The molecule has 0 fully saturated rings. The van der Waals surface area contributed by atoms with E-state index in [0.29, 0.717) is 10.6 Å². The lowest BCUT2D eigenvalue weighted by atomic mass is 10.00. The summed E-state index contributed by atoms with van der Waals surface area (Å²) >= 11 is 1.27. The molecule has 1 N–H and O–H groups in total. The quantitative estimate of drug-likeness (QED) is 0.566. The van der Waals surface area contributed by atoms with Crippen molar-refractivity contribution in [2.24, 2.45) is 0 Å². The van der Waals surface area contributed by atoms with Gasteiger partial charge in [0.2, 0.25) is 5.78 Å². The number of ketones is 1. The summed E-state index contributed by atoms with van der Waals surface area (Å²) in [4.78, 5) is 32.7. The smallest absolute Gasteiger partial charge is 0.290 e. The monoisotopic (exact) mass is 430 g/mol. The van der Waals surface area contributed by atoms with E-state index in [1.807, 2.05) is 73.7 Å². The van der Waals surface area contributed by atoms with Crippen molar-refractivity contribution in [2.45, 2.75) is 26.4 Å². The van der Waals surface area contributed by atoms with E-state index in [4.69, 9.17) is 0 Å². The third kappa shape index (κ3) is 4.20. The van der Waals surface area contributed by atoms with Gasteiger partial charge in [0, 0.05) is 6.54 Å². The fourth-order valence-corrected chi connectivity index (χ4v) is 4.57. The fraction of sp³-hybridized carbons (Fsp3) is 0.160. The Morgan fingerprint density at radius 2 is 1.74 bits per heavy atom. The summed E-state index contributed by atoms with van der Waals surface area (Å²) in [6.45, 7) is 3.88. The Labute approximate surface area is 185 Å². The topological polar surface area (TPSA) is 70.5 Å². The van der Waals surface area contributed by atoms with Crippen LogP contribution in [0.4, 0.5) is 0 Å². The van der Waals surface area contributed by atoms with Crippen LogP contribution >= 0.6 is 11.3 Å². The number of Topliss-reactive ketones (excluding diaryl/α,β-unsaturated/α-hetero) is 1. The molecular formula is C25H22N2O3S. The number of benzene rings is 2. The molecule has 2 heterocycles. The van der Waals surface area contributed by atoms with Crippen LogP contribution in [0.1, 0.15) is 31.5 Å². The van der Waals surface area contributed by atoms with E-state index in [9.17, 15) is 14.7 Å². The van der Waals surface area contributed by atoms with Gasteiger partial charge in [-0.15, -0.1) is 11.3 Å². The predicted octanol–water partition coefficient (Wildman–Crippen LogP) is 4.88. The van der Waals surface area contributed by atoms with Crippen molar-refractivity contribution < 1.29 is 14.7 Å². The van der Waals surface area contributed by atoms with Gasteiger partial charge in [0.15, 0.2) is 5.76 Å². The lowest BCUT2D eigenvalue weighted by molar-refractivity contribution is -0.129. The first-order valence-corrected chi connectivity index (χ1v) is 10.8. The number of hydrogen-bond acceptors (Lipinski definition) is 5. The van der Waals surface area contributed by atoms with Gasteiger partial charge in [0.1, 0.15) is 0 Å². The summed E-state index contributed by atoms with van der Waals surface area (Å²) in [6.07, 6.45) is 3.67. The first-order chi connectivity index (χ1) is 15.0. The third-order valence-electron chi connectivity index (χ3n) is 5.17. The van der Waals surface area contributed by atoms with E-state index in [0.717, 1.165) is 16.1 Å². The molecule has 6 heteroatoms. The van der Waals surface area contributed by atoms with Crippen molar-refractivity contribution in [3.8, 4) is 0 Å². The minimum absolute atomic E-state index is 0.0971. The highest BCUT2D eigenvalue weighted by molar-refractivity contribution is 7.14. The van der Waals surface area contributed by atoms with Crippen LogP contribution in [0.15, 0.2) is 78.1 Å². The van der Waals surface area contributed by atoms with Gasteiger partial charge in [-0.3, -0.25) is 9.59 Å². The molecule has 3 aromatic rings. The second-order valence-corrected chi connectivity index (χ2v) is 8.58. The van der Waals surface area contributed by atoms with Gasteiger partial charge >= 0.3 is 0 Å². The van der Waals surface area contributed by atoms with Crippen molar-refractivity contribution in [1.29, 1.82) is 0 Å². The van der Waals surface area contributed by atoms with Gasteiger partial charge in [0.05, 0.1) is 27.2 Å². The van der Waals surface area contributed by atoms with Crippen LogP contribution in [0.2, 0.25) is 0 Å². The standard InChI is InChI=1S/C25H22N2O3S/c1-16-24(31-17(2)26-16)22(28)21-20(14-13-18-9-5-3-6-10-18)27(25(30)23(21)29)15-19-11-7-4-8-12-19/h3-14,20,29H,15H2,1-2H3. The van der Waals surface area contributed by atoms with Crippen LogP contribution < -0.4 is 0 Å². The van der Waals surface area contributed by atoms with Crippen molar-refractivity contribution in [3.05, 3.63) is 105 Å². The lowest BCUT2D eigenvalue weighted by Gasteiger charge is -2.24. The Morgan fingerprint density at radius 3 is 2.35 bits per heavy atom. The average molecular weight is 431 g/mol. The van der Waals surface area contributed by atoms with E-state index in [2.05, 4.69) is 4.98 Å². The Bertz CT molecular complexity index is 1180. The van der Waals surface area contributed by atoms with Crippen LogP contribution in [0, 0.1) is 13.8 Å². The zero-order valence-corrected chi connectivity index (χ0v) is 18.1. The summed E-state index contributed by atoms with van der Waals surface area (Å²) in [5, 5.41) is 11.5. The third-order valence-corrected chi connectivity index (χ3v) is 6.24. The lowest BCUT2D eigenvalue weighted by Crippen LogP contribution is -2.35. The molecule has 0 radical (unpaired) electrons. The van der Waals surface area contributed by atoms with Gasteiger partial charge in [-0.2, -0.15) is 0 Å². The minimum atomic E-state index is -0.679. The second kappa shape index (κ2) is 8.70. The summed E-state index contributed by atoms with van der Waals surface area (Å²) < 4.78 is 0. The summed E-state index contributed by atoms with van der Waals surface area (Å²) in [6, 6.07) is 18.5. The SMILES string of the molecule is Cc1nc(C)c(C(=O)C2=C(O)C(=O)N(Cc3ccccc3)C2C=Cc2ccccc2)s1. The largest absolute Gasteiger partial charge is 0.503 e. The first-order valence-electron chi connectivity index (χ1n) is 9.95. The van der Waals surface area contributed by atoms with Crippen molar-refractivity contribution in [1.82, 2.24) is 9.88 Å². The van der Waals surface area contributed by atoms with Crippen LogP contribution in [-0.4, -0.2) is 32.7 Å². The maximum Gasteiger partial charge on any atom is 0.290 e. The number of aliphatic hydroxyl groups is 1. The number of thiazole rings is 1. The number of amides is 1. The molecule has 1 unspecified atom stereocenters. The molecule has 1 aromatic heterocycles. The molecule has 2 aromatic carbocycles. The van der Waals surface area contributed by atoms with Crippen molar-refractivity contribution in [2.75, 3.05) is 0 Å². The molecule has 31 heavy (non-hydrogen) atoms. The number of hydrogen-bond donors (Lipinski definition) is 1.